The number of fused-ring (bicyclic) bond motifs is 1. The molecule has 0 saturated heterocycles. The molecule has 0 fully saturated rings. The highest BCUT2D eigenvalue weighted by molar-refractivity contribution is 7.85. The van der Waals surface area contributed by atoms with Crippen molar-refractivity contribution >= 4 is 20.9 Å². The summed E-state index contributed by atoms with van der Waals surface area (Å²) in [4.78, 5) is 0.0197. The first-order chi connectivity index (χ1) is 14.5. The van der Waals surface area contributed by atoms with E-state index in [0.29, 0.717) is 17.7 Å². The van der Waals surface area contributed by atoms with Gasteiger partial charge in [-0.2, -0.15) is 8.42 Å². The molecule has 0 aliphatic heterocycles. The molecule has 0 spiro atoms. The van der Waals surface area contributed by atoms with E-state index in [2.05, 4.69) is 6.92 Å². The molecule has 0 amide bonds. The smallest absolute Gasteiger partial charge is 0.294 e. The van der Waals surface area contributed by atoms with Gasteiger partial charge in [-0.05, 0) is 42.0 Å². The quantitative estimate of drug-likeness (QED) is 0.235. The van der Waals surface area contributed by atoms with Gasteiger partial charge in [0.25, 0.3) is 10.1 Å². The molecule has 1 N–H and O–H groups in total. The van der Waals surface area contributed by atoms with E-state index < -0.39 is 10.1 Å². The molecule has 4 nitrogen and oxygen atoms in total. The van der Waals surface area contributed by atoms with Crippen LogP contribution in [0.2, 0.25) is 0 Å². The van der Waals surface area contributed by atoms with Gasteiger partial charge in [0.2, 0.25) is 0 Å². The van der Waals surface area contributed by atoms with Crippen molar-refractivity contribution in [1.29, 1.82) is 0 Å². The summed E-state index contributed by atoms with van der Waals surface area (Å²) in [6.45, 7) is 2.25. The number of unbranched alkanes of at least 4 members (excludes halogenated alkanes) is 11. The second-order valence-corrected chi connectivity index (χ2v) is 9.65. The molecule has 0 heterocycles. The van der Waals surface area contributed by atoms with Crippen molar-refractivity contribution in [1.82, 2.24) is 0 Å². The zero-order valence-corrected chi connectivity index (χ0v) is 19.5. The number of ether oxygens (including phenoxy) is 1. The molecule has 0 unspecified atom stereocenters. The van der Waals surface area contributed by atoms with Crippen molar-refractivity contribution < 1.29 is 17.7 Å². The summed E-state index contributed by atoms with van der Waals surface area (Å²) in [5, 5.41) is 1.63. The maximum Gasteiger partial charge on any atom is 0.294 e. The Bertz CT molecular complexity index is 874. The van der Waals surface area contributed by atoms with E-state index in [9.17, 15) is 13.0 Å². The molecule has 2 aromatic rings. The molecular weight excluding hydrogens is 396 g/mol. The monoisotopic (exact) mass is 434 g/mol. The van der Waals surface area contributed by atoms with E-state index in [0.717, 1.165) is 23.6 Å². The molecule has 0 radical (unpaired) electrons. The van der Waals surface area contributed by atoms with Gasteiger partial charge in [0.15, 0.2) is 0 Å². The van der Waals surface area contributed by atoms with E-state index in [4.69, 9.17) is 4.74 Å². The van der Waals surface area contributed by atoms with Gasteiger partial charge in [-0.1, -0.05) is 89.7 Å². The summed E-state index contributed by atoms with van der Waals surface area (Å²) in [5.41, 5.74) is 0.668. The molecule has 0 saturated carbocycles. The lowest BCUT2D eigenvalue weighted by atomic mass is 10.0. The molecule has 0 aliphatic rings. The van der Waals surface area contributed by atoms with Gasteiger partial charge in [0, 0.05) is 5.39 Å². The number of benzene rings is 2. The van der Waals surface area contributed by atoms with Gasteiger partial charge in [-0.3, -0.25) is 4.55 Å². The van der Waals surface area contributed by atoms with Crippen molar-refractivity contribution in [2.45, 2.75) is 95.3 Å². The first kappa shape index (κ1) is 24.7. The molecule has 168 valence electrons. The minimum atomic E-state index is -4.25. The minimum Gasteiger partial charge on any atom is -0.496 e. The Morgan fingerprint density at radius 3 is 1.93 bits per heavy atom. The van der Waals surface area contributed by atoms with Crippen LogP contribution in [0.4, 0.5) is 0 Å². The SMILES string of the molecule is CCCCCCCCCCCCCCc1cc2c(OC)cccc2cc1S(=O)(=O)O. The molecule has 0 bridgehead atoms. The summed E-state index contributed by atoms with van der Waals surface area (Å²) >= 11 is 0. The zero-order valence-electron chi connectivity index (χ0n) is 18.7. The van der Waals surface area contributed by atoms with E-state index in [-0.39, 0.29) is 4.90 Å². The molecule has 0 aromatic heterocycles. The van der Waals surface area contributed by atoms with Crippen molar-refractivity contribution in [3.05, 3.63) is 35.9 Å². The van der Waals surface area contributed by atoms with E-state index in [1.807, 2.05) is 24.3 Å². The Morgan fingerprint density at radius 2 is 1.40 bits per heavy atom. The van der Waals surface area contributed by atoms with E-state index in [1.54, 1.807) is 13.2 Å². The average molecular weight is 435 g/mol. The fraction of sp³-hybridized carbons (Fsp3) is 0.600. The Kier molecular flexibility index (Phi) is 10.7. The number of hydrogen-bond acceptors (Lipinski definition) is 3. The fourth-order valence-electron chi connectivity index (χ4n) is 4.09. The van der Waals surface area contributed by atoms with Crippen LogP contribution < -0.4 is 4.74 Å². The molecule has 2 aromatic carbocycles. The molecule has 5 heteroatoms. The van der Waals surface area contributed by atoms with E-state index in [1.165, 1.54) is 64.2 Å². The van der Waals surface area contributed by atoms with Crippen LogP contribution in [0.15, 0.2) is 35.2 Å². The van der Waals surface area contributed by atoms with Crippen LogP contribution in [-0.4, -0.2) is 20.1 Å². The normalized spacial score (nSPS) is 11.8. The lowest BCUT2D eigenvalue weighted by Crippen LogP contribution is -2.04. The predicted molar refractivity (Wildman–Crippen MR) is 125 cm³/mol. The third kappa shape index (κ3) is 7.92. The summed E-state index contributed by atoms with van der Waals surface area (Å²) in [5.74, 6) is 0.713. The first-order valence-electron chi connectivity index (χ1n) is 11.5. The van der Waals surface area contributed by atoms with Crippen molar-refractivity contribution in [2.24, 2.45) is 0 Å². The minimum absolute atomic E-state index is 0.0197. The molecular formula is C25H38O4S. The van der Waals surface area contributed by atoms with Gasteiger partial charge in [-0.15, -0.1) is 0 Å². The highest BCUT2D eigenvalue weighted by Crippen LogP contribution is 2.31. The molecule has 0 aliphatic carbocycles. The van der Waals surface area contributed by atoms with Crippen molar-refractivity contribution in [3.63, 3.8) is 0 Å². The van der Waals surface area contributed by atoms with Crippen LogP contribution in [0.3, 0.4) is 0 Å². The summed E-state index contributed by atoms with van der Waals surface area (Å²) in [6, 6.07) is 8.93. The van der Waals surface area contributed by atoms with Gasteiger partial charge < -0.3 is 4.74 Å². The molecule has 2 rings (SSSR count). The Balaban J connectivity index is 1.81. The number of rotatable bonds is 15. The largest absolute Gasteiger partial charge is 0.496 e. The zero-order chi connectivity index (χ0) is 21.8. The van der Waals surface area contributed by atoms with Crippen LogP contribution in [0.5, 0.6) is 5.75 Å². The van der Waals surface area contributed by atoms with Crippen LogP contribution in [0, 0.1) is 0 Å². The highest BCUT2D eigenvalue weighted by atomic mass is 32.2. The van der Waals surface area contributed by atoms with Crippen molar-refractivity contribution in [3.8, 4) is 5.75 Å². The molecule has 30 heavy (non-hydrogen) atoms. The second-order valence-electron chi connectivity index (χ2n) is 8.26. The van der Waals surface area contributed by atoms with Crippen molar-refractivity contribution in [2.75, 3.05) is 7.11 Å². The summed E-state index contributed by atoms with van der Waals surface area (Å²) in [6.07, 6.45) is 15.8. The van der Waals surface area contributed by atoms with Gasteiger partial charge in [0.1, 0.15) is 5.75 Å². The van der Waals surface area contributed by atoms with Crippen LogP contribution >= 0.6 is 0 Å². The van der Waals surface area contributed by atoms with Crippen LogP contribution in [0.1, 0.15) is 89.5 Å². The number of aryl methyl sites for hydroxylation is 1. The lowest BCUT2D eigenvalue weighted by Gasteiger charge is -2.12. The fourth-order valence-corrected chi connectivity index (χ4v) is 4.86. The predicted octanol–water partition coefficient (Wildman–Crippen LogP) is 7.34. The first-order valence-corrected chi connectivity index (χ1v) is 13.0. The molecule has 0 atom stereocenters. The van der Waals surface area contributed by atoms with E-state index >= 15 is 0 Å². The Labute approximate surface area is 182 Å². The summed E-state index contributed by atoms with van der Waals surface area (Å²) < 4.78 is 38.9. The van der Waals surface area contributed by atoms with Gasteiger partial charge in [0.05, 0.1) is 12.0 Å². The number of hydrogen-bond donors (Lipinski definition) is 1. The summed E-state index contributed by atoms with van der Waals surface area (Å²) in [7, 11) is -2.64. The Hall–Kier alpha value is -1.59. The lowest BCUT2D eigenvalue weighted by molar-refractivity contribution is 0.419. The van der Waals surface area contributed by atoms with Crippen LogP contribution in [-0.2, 0) is 16.5 Å². The van der Waals surface area contributed by atoms with Crippen LogP contribution in [0.25, 0.3) is 10.8 Å². The Morgan fingerprint density at radius 1 is 0.833 bits per heavy atom. The third-order valence-electron chi connectivity index (χ3n) is 5.82. The number of methoxy groups -OCH3 is 1. The average Bonchev–Trinajstić information content (AvgIpc) is 2.72. The highest BCUT2D eigenvalue weighted by Gasteiger charge is 2.17. The third-order valence-corrected chi connectivity index (χ3v) is 6.75. The maximum absolute atomic E-state index is 11.9. The van der Waals surface area contributed by atoms with Gasteiger partial charge in [-0.25, -0.2) is 0 Å². The topological polar surface area (TPSA) is 63.6 Å². The standard InChI is InChI=1S/C25H38O4S/c1-3-4-5-6-7-8-9-10-11-12-13-14-16-22-19-23-21(17-15-18-24(23)29-2)20-25(22)30(26,27)28/h15,17-20H,3-14,16H2,1-2H3,(H,26,27,28). The second kappa shape index (κ2) is 13.0. The maximum atomic E-state index is 11.9. The van der Waals surface area contributed by atoms with Gasteiger partial charge >= 0.3 is 0 Å².